The summed E-state index contributed by atoms with van der Waals surface area (Å²) in [6.07, 6.45) is 6.08. The van der Waals surface area contributed by atoms with E-state index in [9.17, 15) is 0 Å². The van der Waals surface area contributed by atoms with Crippen LogP contribution in [-0.4, -0.2) is 16.7 Å². The van der Waals surface area contributed by atoms with E-state index in [1.54, 1.807) is 0 Å². The number of fused-ring (bicyclic) bond motifs is 1. The van der Waals surface area contributed by atoms with E-state index in [1.807, 2.05) is 0 Å². The van der Waals surface area contributed by atoms with Crippen molar-refractivity contribution in [2.75, 3.05) is 11.9 Å². The molecule has 2 heterocycles. The third-order valence-electron chi connectivity index (χ3n) is 4.81. The summed E-state index contributed by atoms with van der Waals surface area (Å²) >= 11 is 0. The van der Waals surface area contributed by atoms with E-state index in [2.05, 4.69) is 40.6 Å². The van der Waals surface area contributed by atoms with Gasteiger partial charge in [-0.2, -0.15) is 4.98 Å². The van der Waals surface area contributed by atoms with Crippen molar-refractivity contribution in [1.82, 2.24) is 10.1 Å². The van der Waals surface area contributed by atoms with Gasteiger partial charge in [-0.15, -0.1) is 0 Å². The van der Waals surface area contributed by atoms with Crippen molar-refractivity contribution < 1.29 is 4.52 Å². The van der Waals surface area contributed by atoms with Crippen LogP contribution in [0.4, 0.5) is 5.69 Å². The van der Waals surface area contributed by atoms with Crippen LogP contribution in [0.1, 0.15) is 49.9 Å². The average Bonchev–Trinajstić information content (AvgIpc) is 3.15. The summed E-state index contributed by atoms with van der Waals surface area (Å²) in [6.45, 7) is 3.34. The van der Waals surface area contributed by atoms with Gasteiger partial charge in [0.1, 0.15) is 0 Å². The first-order chi connectivity index (χ1) is 10.3. The second-order valence-electron chi connectivity index (χ2n) is 6.48. The number of nitrogens with zero attached hydrogens (tertiary/aromatic N) is 2. The molecule has 1 fully saturated rings. The van der Waals surface area contributed by atoms with Crippen LogP contribution in [0.2, 0.25) is 0 Å². The molecule has 110 valence electrons. The summed E-state index contributed by atoms with van der Waals surface area (Å²) in [5.74, 6) is 2.79. The Bertz CT molecular complexity index is 649. The normalized spacial score (nSPS) is 24.6. The van der Waals surface area contributed by atoms with E-state index < -0.39 is 0 Å². The molecule has 21 heavy (non-hydrogen) atoms. The minimum Gasteiger partial charge on any atom is -0.384 e. The Hall–Kier alpha value is -1.84. The van der Waals surface area contributed by atoms with E-state index in [-0.39, 0.29) is 0 Å². The first-order valence-electron chi connectivity index (χ1n) is 8.00. The Morgan fingerprint density at radius 2 is 2.24 bits per heavy atom. The van der Waals surface area contributed by atoms with Gasteiger partial charge in [0.25, 0.3) is 5.89 Å². The van der Waals surface area contributed by atoms with E-state index in [1.165, 1.54) is 36.9 Å². The van der Waals surface area contributed by atoms with Crippen LogP contribution >= 0.6 is 0 Å². The second-order valence-corrected chi connectivity index (χ2v) is 6.48. The van der Waals surface area contributed by atoms with E-state index in [4.69, 9.17) is 4.52 Å². The van der Waals surface area contributed by atoms with Gasteiger partial charge in [-0.05, 0) is 42.9 Å². The zero-order valence-corrected chi connectivity index (χ0v) is 12.4. The fraction of sp³-hybridized carbons (Fsp3) is 0.529. The summed E-state index contributed by atoms with van der Waals surface area (Å²) in [4.78, 5) is 4.66. The molecule has 0 amide bonds. The Morgan fingerprint density at radius 1 is 1.29 bits per heavy atom. The van der Waals surface area contributed by atoms with Crippen LogP contribution in [0.25, 0.3) is 11.5 Å². The zero-order chi connectivity index (χ0) is 14.2. The van der Waals surface area contributed by atoms with Crippen molar-refractivity contribution in [2.24, 2.45) is 5.92 Å². The van der Waals surface area contributed by atoms with Crippen molar-refractivity contribution in [3.8, 4) is 11.5 Å². The lowest BCUT2D eigenvalue weighted by molar-refractivity contribution is 0.324. The predicted molar refractivity (Wildman–Crippen MR) is 82.3 cm³/mol. The fourth-order valence-electron chi connectivity index (χ4n) is 3.61. The molecule has 4 rings (SSSR count). The summed E-state index contributed by atoms with van der Waals surface area (Å²) in [5, 5.41) is 7.63. The van der Waals surface area contributed by atoms with Gasteiger partial charge in [0.15, 0.2) is 5.82 Å². The van der Waals surface area contributed by atoms with Gasteiger partial charge in [-0.25, -0.2) is 0 Å². The van der Waals surface area contributed by atoms with Crippen molar-refractivity contribution in [3.05, 3.63) is 29.6 Å². The Morgan fingerprint density at radius 3 is 3.14 bits per heavy atom. The smallest absolute Gasteiger partial charge is 0.258 e. The Labute approximate surface area is 124 Å². The number of nitrogens with one attached hydrogen (secondary N) is 1. The molecule has 1 N–H and O–H groups in total. The maximum Gasteiger partial charge on any atom is 0.258 e. The summed E-state index contributed by atoms with van der Waals surface area (Å²) in [7, 11) is 0. The number of benzene rings is 1. The fourth-order valence-corrected chi connectivity index (χ4v) is 3.61. The molecular weight excluding hydrogens is 262 g/mol. The minimum atomic E-state index is 0.471. The highest BCUT2D eigenvalue weighted by Crippen LogP contribution is 2.35. The number of anilines is 1. The molecule has 2 unspecified atom stereocenters. The quantitative estimate of drug-likeness (QED) is 0.905. The Balaban J connectivity index is 1.59. The molecule has 2 aliphatic rings. The topological polar surface area (TPSA) is 51.0 Å². The molecule has 1 saturated carbocycles. The lowest BCUT2D eigenvalue weighted by Crippen LogP contribution is -2.12. The van der Waals surface area contributed by atoms with Crippen LogP contribution in [0.5, 0.6) is 0 Å². The summed E-state index contributed by atoms with van der Waals surface area (Å²) in [6, 6.07) is 6.38. The Kier molecular flexibility index (Phi) is 3.17. The van der Waals surface area contributed by atoms with E-state index in [0.717, 1.165) is 30.3 Å². The van der Waals surface area contributed by atoms with Gasteiger partial charge < -0.3 is 9.84 Å². The van der Waals surface area contributed by atoms with Crippen molar-refractivity contribution >= 4 is 5.69 Å². The molecule has 2 atom stereocenters. The first-order valence-corrected chi connectivity index (χ1v) is 8.00. The molecule has 1 aliphatic heterocycles. The SMILES string of the molecule is CC1CCCC(c2noc(-c3ccc4c(c3)NCC4)n2)C1. The molecule has 1 aromatic carbocycles. The van der Waals surface area contributed by atoms with Gasteiger partial charge in [0, 0.05) is 23.7 Å². The van der Waals surface area contributed by atoms with Crippen LogP contribution < -0.4 is 5.32 Å². The second kappa shape index (κ2) is 5.17. The van der Waals surface area contributed by atoms with Crippen molar-refractivity contribution in [1.29, 1.82) is 0 Å². The maximum atomic E-state index is 5.51. The highest BCUT2D eigenvalue weighted by atomic mass is 16.5. The monoisotopic (exact) mass is 283 g/mol. The van der Waals surface area contributed by atoms with Crippen molar-refractivity contribution in [3.63, 3.8) is 0 Å². The molecular formula is C17H21N3O. The highest BCUT2D eigenvalue weighted by molar-refractivity contribution is 5.66. The van der Waals surface area contributed by atoms with E-state index >= 15 is 0 Å². The first kappa shape index (κ1) is 12.9. The van der Waals surface area contributed by atoms with Crippen LogP contribution in [0.15, 0.2) is 22.7 Å². The lowest BCUT2D eigenvalue weighted by Gasteiger charge is -2.23. The summed E-state index contributed by atoms with van der Waals surface area (Å²) < 4.78 is 5.51. The van der Waals surface area contributed by atoms with Gasteiger partial charge in [0.2, 0.25) is 0 Å². The summed E-state index contributed by atoms with van der Waals surface area (Å²) in [5.41, 5.74) is 3.60. The zero-order valence-electron chi connectivity index (χ0n) is 12.4. The number of hydrogen-bond donors (Lipinski definition) is 1. The number of hydrogen-bond acceptors (Lipinski definition) is 4. The maximum absolute atomic E-state index is 5.51. The van der Waals surface area contributed by atoms with Gasteiger partial charge in [-0.1, -0.05) is 31.0 Å². The third kappa shape index (κ3) is 2.43. The van der Waals surface area contributed by atoms with Gasteiger partial charge in [0.05, 0.1) is 0 Å². The van der Waals surface area contributed by atoms with Crippen LogP contribution in [0, 0.1) is 5.92 Å². The van der Waals surface area contributed by atoms with Crippen LogP contribution in [-0.2, 0) is 6.42 Å². The average molecular weight is 283 g/mol. The molecule has 1 aliphatic carbocycles. The minimum absolute atomic E-state index is 0.471. The largest absolute Gasteiger partial charge is 0.384 e. The standard InChI is InChI=1S/C17H21N3O/c1-11-3-2-4-13(9-11)16-19-17(21-20-16)14-6-5-12-7-8-18-15(12)10-14/h5-6,10-11,13,18H,2-4,7-9H2,1H3. The molecule has 0 saturated heterocycles. The van der Waals surface area contributed by atoms with Gasteiger partial charge in [-0.3, -0.25) is 0 Å². The molecule has 4 nitrogen and oxygen atoms in total. The molecule has 1 aromatic heterocycles. The molecule has 2 aromatic rings. The molecule has 4 heteroatoms. The third-order valence-corrected chi connectivity index (χ3v) is 4.81. The number of aromatic nitrogens is 2. The van der Waals surface area contributed by atoms with E-state index in [0.29, 0.717) is 11.8 Å². The molecule has 0 bridgehead atoms. The molecule has 0 spiro atoms. The lowest BCUT2D eigenvalue weighted by atomic mass is 9.82. The number of rotatable bonds is 2. The predicted octanol–water partition coefficient (Wildman–Crippen LogP) is 4.00. The van der Waals surface area contributed by atoms with Crippen molar-refractivity contribution in [2.45, 2.75) is 44.9 Å². The highest BCUT2D eigenvalue weighted by Gasteiger charge is 2.25. The van der Waals surface area contributed by atoms with Crippen LogP contribution in [0.3, 0.4) is 0 Å². The van der Waals surface area contributed by atoms with Gasteiger partial charge >= 0.3 is 0 Å². The molecule has 0 radical (unpaired) electrons.